The quantitative estimate of drug-likeness (QED) is 0.492. The van der Waals surface area contributed by atoms with Crippen molar-refractivity contribution >= 4 is 43.0 Å². The van der Waals surface area contributed by atoms with Crippen molar-refractivity contribution in [3.05, 3.63) is 66.3 Å². The van der Waals surface area contributed by atoms with Gasteiger partial charge in [0.2, 0.25) is 11.0 Å². The number of nitrogens with zero attached hydrogens (tertiary/aromatic N) is 4. The summed E-state index contributed by atoms with van der Waals surface area (Å²) in [7, 11) is -2.74. The molecular weight excluding hydrogens is 403 g/mol. The summed E-state index contributed by atoms with van der Waals surface area (Å²) in [5.74, 6) is -0.480. The summed E-state index contributed by atoms with van der Waals surface area (Å²) < 4.78 is 47.5. The smallest absolute Gasteiger partial charge is 0.270 e. The van der Waals surface area contributed by atoms with E-state index < -0.39 is 15.8 Å². The zero-order valence-electron chi connectivity index (χ0n) is 14.5. The SMILES string of the molecule is COc1ncccc1N(c1nccs1)S(=O)(=O)c1ccc2cncc(F)c2c1. The molecule has 10 heteroatoms. The maximum atomic E-state index is 14.2. The van der Waals surface area contributed by atoms with Crippen molar-refractivity contribution in [3.63, 3.8) is 0 Å². The Kier molecular flexibility index (Phi) is 4.65. The molecule has 7 nitrogen and oxygen atoms in total. The van der Waals surface area contributed by atoms with Gasteiger partial charge in [-0.3, -0.25) is 4.98 Å². The number of thiazole rings is 1. The number of hydrogen-bond acceptors (Lipinski definition) is 7. The zero-order valence-corrected chi connectivity index (χ0v) is 16.1. The third kappa shape index (κ3) is 3.06. The van der Waals surface area contributed by atoms with Crippen LogP contribution in [0, 0.1) is 5.82 Å². The van der Waals surface area contributed by atoms with Crippen molar-refractivity contribution in [1.29, 1.82) is 0 Å². The normalized spacial score (nSPS) is 11.5. The summed E-state index contributed by atoms with van der Waals surface area (Å²) in [6.45, 7) is 0. The van der Waals surface area contributed by atoms with E-state index in [4.69, 9.17) is 4.74 Å². The van der Waals surface area contributed by atoms with Gasteiger partial charge in [0.15, 0.2) is 0 Å². The second kappa shape index (κ2) is 7.13. The van der Waals surface area contributed by atoms with E-state index in [2.05, 4.69) is 15.0 Å². The van der Waals surface area contributed by atoms with E-state index in [1.165, 1.54) is 43.9 Å². The highest BCUT2D eigenvalue weighted by Gasteiger charge is 2.31. The highest BCUT2D eigenvalue weighted by atomic mass is 32.2. The van der Waals surface area contributed by atoms with Crippen molar-refractivity contribution in [2.75, 3.05) is 11.4 Å². The molecule has 4 rings (SSSR count). The molecule has 0 atom stereocenters. The summed E-state index contributed by atoms with van der Waals surface area (Å²) in [5.41, 5.74) is 0.204. The molecule has 0 saturated carbocycles. The minimum Gasteiger partial charge on any atom is -0.479 e. The standard InChI is InChI=1S/C18H13FN4O3S2/c1-26-17-16(3-2-6-21-17)23(18-22-7-8-27-18)28(24,25)13-5-4-12-10-20-11-15(19)14(12)9-13/h2-11H,1H3. The summed E-state index contributed by atoms with van der Waals surface area (Å²) in [6.07, 6.45) is 5.50. The molecule has 0 radical (unpaired) electrons. The molecule has 1 aromatic carbocycles. The lowest BCUT2D eigenvalue weighted by Crippen LogP contribution is -2.26. The number of halogens is 1. The fourth-order valence-corrected chi connectivity index (χ4v) is 5.07. The lowest BCUT2D eigenvalue weighted by Gasteiger charge is -2.23. The number of methoxy groups -OCH3 is 1. The Morgan fingerprint density at radius 3 is 2.75 bits per heavy atom. The molecule has 3 heterocycles. The minimum absolute atomic E-state index is 0.0915. The van der Waals surface area contributed by atoms with Crippen LogP contribution in [-0.2, 0) is 10.0 Å². The Balaban J connectivity index is 1.94. The van der Waals surface area contributed by atoms with E-state index in [-0.39, 0.29) is 27.0 Å². The van der Waals surface area contributed by atoms with Crippen LogP contribution in [0.5, 0.6) is 5.88 Å². The first-order valence-electron chi connectivity index (χ1n) is 7.99. The number of fused-ring (bicyclic) bond motifs is 1. The molecule has 0 saturated heterocycles. The van der Waals surface area contributed by atoms with Gasteiger partial charge in [0.05, 0.1) is 18.2 Å². The number of ether oxygens (including phenoxy) is 1. The van der Waals surface area contributed by atoms with Crippen molar-refractivity contribution in [3.8, 4) is 5.88 Å². The van der Waals surface area contributed by atoms with Crippen LogP contribution in [0.15, 0.2) is 65.4 Å². The molecule has 0 N–H and O–H groups in total. The highest BCUT2D eigenvalue weighted by Crippen LogP contribution is 2.38. The first-order chi connectivity index (χ1) is 13.5. The van der Waals surface area contributed by atoms with Gasteiger partial charge in [-0.1, -0.05) is 6.07 Å². The average molecular weight is 416 g/mol. The Morgan fingerprint density at radius 2 is 2.00 bits per heavy atom. The molecular formula is C18H13FN4O3S2. The van der Waals surface area contributed by atoms with Crippen molar-refractivity contribution in [1.82, 2.24) is 15.0 Å². The largest absolute Gasteiger partial charge is 0.479 e. The van der Waals surface area contributed by atoms with E-state index in [0.717, 1.165) is 21.8 Å². The molecule has 0 bridgehead atoms. The second-order valence-corrected chi connectivity index (χ2v) is 8.28. The number of rotatable bonds is 5. The van der Waals surface area contributed by atoms with Crippen molar-refractivity contribution in [2.45, 2.75) is 4.90 Å². The molecule has 0 aliphatic rings. The van der Waals surface area contributed by atoms with Gasteiger partial charge < -0.3 is 4.74 Å². The Morgan fingerprint density at radius 1 is 1.14 bits per heavy atom. The molecule has 0 aliphatic heterocycles. The number of sulfonamides is 1. The molecule has 0 spiro atoms. The molecule has 0 amide bonds. The fourth-order valence-electron chi connectivity index (χ4n) is 2.72. The van der Waals surface area contributed by atoms with E-state index in [0.29, 0.717) is 5.39 Å². The Hall–Kier alpha value is -3.11. The maximum absolute atomic E-state index is 14.2. The van der Waals surface area contributed by atoms with Crippen LogP contribution in [0.25, 0.3) is 10.8 Å². The van der Waals surface area contributed by atoms with Crippen LogP contribution >= 0.6 is 11.3 Å². The number of benzene rings is 1. The van der Waals surface area contributed by atoms with E-state index in [1.54, 1.807) is 17.5 Å². The van der Waals surface area contributed by atoms with Crippen LogP contribution in [0.2, 0.25) is 0 Å². The van der Waals surface area contributed by atoms with E-state index in [1.807, 2.05) is 0 Å². The van der Waals surface area contributed by atoms with E-state index in [9.17, 15) is 12.8 Å². The van der Waals surface area contributed by atoms with Crippen LogP contribution in [-0.4, -0.2) is 30.5 Å². The first kappa shape index (κ1) is 18.3. The topological polar surface area (TPSA) is 85.3 Å². The summed E-state index contributed by atoms with van der Waals surface area (Å²) >= 11 is 1.14. The van der Waals surface area contributed by atoms with Gasteiger partial charge in [-0.05, 0) is 24.3 Å². The van der Waals surface area contributed by atoms with Gasteiger partial charge in [-0.2, -0.15) is 0 Å². The molecule has 3 aromatic heterocycles. The van der Waals surface area contributed by atoms with E-state index >= 15 is 0 Å². The van der Waals surface area contributed by atoms with Gasteiger partial charge in [-0.25, -0.2) is 27.1 Å². The minimum atomic E-state index is -4.14. The molecule has 0 aliphatic carbocycles. The lowest BCUT2D eigenvalue weighted by atomic mass is 10.2. The van der Waals surface area contributed by atoms with Crippen LogP contribution in [0.3, 0.4) is 0 Å². The third-order valence-electron chi connectivity index (χ3n) is 3.98. The predicted octanol–water partition coefficient (Wildman–Crippen LogP) is 3.76. The zero-order chi connectivity index (χ0) is 19.7. The third-order valence-corrected chi connectivity index (χ3v) is 6.55. The predicted molar refractivity (Wildman–Crippen MR) is 104 cm³/mol. The number of pyridine rings is 2. The number of anilines is 2. The van der Waals surface area contributed by atoms with Gasteiger partial charge >= 0.3 is 0 Å². The summed E-state index contributed by atoms with van der Waals surface area (Å²) in [5, 5.41) is 2.53. The van der Waals surface area contributed by atoms with Crippen LogP contribution in [0.4, 0.5) is 15.2 Å². The van der Waals surface area contributed by atoms with Gasteiger partial charge in [0, 0.05) is 34.7 Å². The fraction of sp³-hybridized carbons (Fsp3) is 0.0556. The van der Waals surface area contributed by atoms with Crippen LogP contribution in [0.1, 0.15) is 0 Å². The molecule has 142 valence electrons. The van der Waals surface area contributed by atoms with Gasteiger partial charge in [0.1, 0.15) is 11.5 Å². The second-order valence-electron chi connectivity index (χ2n) is 5.62. The molecule has 0 unspecified atom stereocenters. The number of hydrogen-bond donors (Lipinski definition) is 0. The first-order valence-corrected chi connectivity index (χ1v) is 10.3. The maximum Gasteiger partial charge on any atom is 0.270 e. The monoisotopic (exact) mass is 416 g/mol. The van der Waals surface area contributed by atoms with Gasteiger partial charge in [0.25, 0.3) is 10.0 Å². The summed E-state index contributed by atoms with van der Waals surface area (Å²) in [4.78, 5) is 11.9. The lowest BCUT2D eigenvalue weighted by molar-refractivity contribution is 0.399. The molecule has 4 aromatic rings. The Labute approximate surface area is 164 Å². The van der Waals surface area contributed by atoms with Crippen LogP contribution < -0.4 is 9.04 Å². The Bertz CT molecular complexity index is 1250. The average Bonchev–Trinajstić information content (AvgIpc) is 3.22. The molecule has 28 heavy (non-hydrogen) atoms. The number of aromatic nitrogens is 3. The molecule has 0 fully saturated rings. The van der Waals surface area contributed by atoms with Gasteiger partial charge in [-0.15, -0.1) is 11.3 Å². The van der Waals surface area contributed by atoms with Crippen molar-refractivity contribution in [2.24, 2.45) is 0 Å². The summed E-state index contributed by atoms with van der Waals surface area (Å²) in [6, 6.07) is 7.36. The van der Waals surface area contributed by atoms with Crippen molar-refractivity contribution < 1.29 is 17.5 Å². The highest BCUT2D eigenvalue weighted by molar-refractivity contribution is 7.93.